The molecule has 0 amide bonds. The number of halogens is 1. The normalized spacial score (nSPS) is 10.6. The van der Waals surface area contributed by atoms with Gasteiger partial charge in [0.15, 0.2) is 10.6 Å². The van der Waals surface area contributed by atoms with E-state index in [4.69, 9.17) is 18.0 Å². The Labute approximate surface area is 96.9 Å². The smallest absolute Gasteiger partial charge is 0.195 e. The fourth-order valence-electron chi connectivity index (χ4n) is 1.51. The number of aromatic amines is 1. The lowest BCUT2D eigenvalue weighted by Gasteiger charge is -2.04. The average Bonchev–Trinajstić information content (AvgIpc) is 2.61. The summed E-state index contributed by atoms with van der Waals surface area (Å²) in [5.74, 6) is 0.606. The molecule has 0 radical (unpaired) electrons. The predicted octanol–water partition coefficient (Wildman–Crippen LogP) is 2.16. The lowest BCUT2D eigenvalue weighted by molar-refractivity contribution is 0.445. The van der Waals surface area contributed by atoms with Crippen LogP contribution >= 0.6 is 12.2 Å². The molecule has 0 bridgehead atoms. The highest BCUT2D eigenvalue weighted by Gasteiger charge is 2.08. The van der Waals surface area contributed by atoms with Crippen molar-refractivity contribution in [3.63, 3.8) is 0 Å². The number of nitrogen functional groups attached to an aromatic ring is 1. The summed E-state index contributed by atoms with van der Waals surface area (Å²) in [6, 6.07) is 7.24. The van der Waals surface area contributed by atoms with Crippen molar-refractivity contribution in [3.05, 3.63) is 29.0 Å². The van der Waals surface area contributed by atoms with E-state index < -0.39 is 6.67 Å². The molecule has 4 nitrogen and oxygen atoms in total. The minimum atomic E-state index is -0.483. The first kappa shape index (κ1) is 10.8. The van der Waals surface area contributed by atoms with E-state index in [1.54, 1.807) is 16.7 Å². The Morgan fingerprint density at radius 3 is 3.00 bits per heavy atom. The van der Waals surface area contributed by atoms with Crippen LogP contribution in [0.5, 0.6) is 0 Å². The molecule has 0 atom stereocenters. The maximum absolute atomic E-state index is 12.4. The number of nitrogens with zero attached hydrogens (tertiary/aromatic N) is 2. The van der Waals surface area contributed by atoms with E-state index in [0.717, 1.165) is 5.56 Å². The average molecular weight is 238 g/mol. The maximum atomic E-state index is 12.4. The molecule has 2 rings (SSSR count). The number of benzene rings is 1. The summed E-state index contributed by atoms with van der Waals surface area (Å²) in [5.41, 5.74) is 7.14. The van der Waals surface area contributed by atoms with Gasteiger partial charge in [-0.3, -0.25) is 9.67 Å². The molecule has 1 aromatic heterocycles. The van der Waals surface area contributed by atoms with Crippen LogP contribution in [0.1, 0.15) is 0 Å². The third-order valence-corrected chi connectivity index (χ3v) is 2.52. The van der Waals surface area contributed by atoms with Crippen molar-refractivity contribution in [1.29, 1.82) is 0 Å². The van der Waals surface area contributed by atoms with Crippen LogP contribution in [0.15, 0.2) is 24.3 Å². The van der Waals surface area contributed by atoms with E-state index in [1.807, 2.05) is 12.1 Å². The number of hydrogen-bond donors (Lipinski definition) is 2. The van der Waals surface area contributed by atoms with Crippen LogP contribution in [0.2, 0.25) is 0 Å². The minimum absolute atomic E-state index is 0.194. The van der Waals surface area contributed by atoms with Crippen LogP contribution in [-0.4, -0.2) is 21.4 Å². The molecule has 0 saturated carbocycles. The Hall–Kier alpha value is -1.69. The molecule has 6 heteroatoms. The number of H-pyrrole nitrogens is 1. The van der Waals surface area contributed by atoms with Crippen LogP contribution in [-0.2, 0) is 6.54 Å². The van der Waals surface area contributed by atoms with Gasteiger partial charge in [-0.2, -0.15) is 5.10 Å². The first-order chi connectivity index (χ1) is 7.72. The zero-order valence-electron chi connectivity index (χ0n) is 8.48. The van der Waals surface area contributed by atoms with Gasteiger partial charge in [-0.15, -0.1) is 0 Å². The lowest BCUT2D eigenvalue weighted by atomic mass is 10.2. The van der Waals surface area contributed by atoms with E-state index >= 15 is 0 Å². The molecule has 0 aliphatic rings. The summed E-state index contributed by atoms with van der Waals surface area (Å²) in [7, 11) is 0. The van der Waals surface area contributed by atoms with Crippen LogP contribution in [0.4, 0.5) is 10.1 Å². The topological polar surface area (TPSA) is 59.6 Å². The highest BCUT2D eigenvalue weighted by Crippen LogP contribution is 2.19. The van der Waals surface area contributed by atoms with Crippen molar-refractivity contribution in [2.75, 3.05) is 12.4 Å². The number of nitrogens with one attached hydrogen (secondary N) is 1. The Morgan fingerprint density at radius 2 is 2.31 bits per heavy atom. The van der Waals surface area contributed by atoms with E-state index in [1.165, 1.54) is 0 Å². The summed E-state index contributed by atoms with van der Waals surface area (Å²) in [4.78, 5) is 0. The number of alkyl halides is 1. The summed E-state index contributed by atoms with van der Waals surface area (Å²) in [5, 5.41) is 6.72. The Bertz CT molecular complexity index is 546. The van der Waals surface area contributed by atoms with Gasteiger partial charge in [-0.25, -0.2) is 4.39 Å². The molecular formula is C10H11FN4S. The molecule has 0 unspecified atom stereocenters. The van der Waals surface area contributed by atoms with Crippen molar-refractivity contribution in [1.82, 2.24) is 14.8 Å². The van der Waals surface area contributed by atoms with Gasteiger partial charge in [0, 0.05) is 11.3 Å². The molecule has 0 spiro atoms. The fourth-order valence-corrected chi connectivity index (χ4v) is 1.73. The standard InChI is InChI=1S/C10H11FN4S/c11-4-5-15-9(13-14-10(15)16)7-2-1-3-8(12)6-7/h1-3,6H,4-5,12H2,(H,14,16). The van der Waals surface area contributed by atoms with Crippen LogP contribution < -0.4 is 5.73 Å². The molecular weight excluding hydrogens is 227 g/mol. The second-order valence-electron chi connectivity index (χ2n) is 3.32. The first-order valence-electron chi connectivity index (χ1n) is 4.79. The minimum Gasteiger partial charge on any atom is -0.399 e. The van der Waals surface area contributed by atoms with Gasteiger partial charge >= 0.3 is 0 Å². The van der Waals surface area contributed by atoms with Gasteiger partial charge in [0.2, 0.25) is 0 Å². The zero-order valence-corrected chi connectivity index (χ0v) is 9.30. The molecule has 0 aliphatic carbocycles. The molecule has 0 fully saturated rings. The maximum Gasteiger partial charge on any atom is 0.195 e. The number of hydrogen-bond acceptors (Lipinski definition) is 3. The van der Waals surface area contributed by atoms with Gasteiger partial charge < -0.3 is 5.73 Å². The Kier molecular flexibility index (Phi) is 3.00. The molecule has 0 saturated heterocycles. The van der Waals surface area contributed by atoms with Gasteiger partial charge in [0.05, 0.1) is 6.54 Å². The van der Waals surface area contributed by atoms with Crippen molar-refractivity contribution >= 4 is 17.9 Å². The first-order valence-corrected chi connectivity index (χ1v) is 5.20. The van der Waals surface area contributed by atoms with Crippen LogP contribution in [0.3, 0.4) is 0 Å². The highest BCUT2D eigenvalue weighted by molar-refractivity contribution is 7.71. The highest BCUT2D eigenvalue weighted by atomic mass is 32.1. The molecule has 16 heavy (non-hydrogen) atoms. The summed E-state index contributed by atoms with van der Waals surface area (Å²) in [6.07, 6.45) is 0. The van der Waals surface area contributed by atoms with Gasteiger partial charge in [-0.05, 0) is 24.4 Å². The number of rotatable bonds is 3. The number of anilines is 1. The van der Waals surface area contributed by atoms with Crippen molar-refractivity contribution in [3.8, 4) is 11.4 Å². The van der Waals surface area contributed by atoms with Gasteiger partial charge in [0.1, 0.15) is 6.67 Å². The van der Waals surface area contributed by atoms with Crippen molar-refractivity contribution < 1.29 is 4.39 Å². The molecule has 84 valence electrons. The number of nitrogens with two attached hydrogens (primary N) is 1. The monoisotopic (exact) mass is 238 g/mol. The second-order valence-corrected chi connectivity index (χ2v) is 3.71. The second kappa shape index (κ2) is 4.44. The fraction of sp³-hybridized carbons (Fsp3) is 0.200. The molecule has 3 N–H and O–H groups in total. The Balaban J connectivity index is 2.51. The SMILES string of the molecule is Nc1cccc(-c2n[nH]c(=S)n2CCF)c1. The van der Waals surface area contributed by atoms with E-state index in [-0.39, 0.29) is 6.54 Å². The van der Waals surface area contributed by atoms with E-state index in [9.17, 15) is 4.39 Å². The summed E-state index contributed by atoms with van der Waals surface area (Å²) >= 11 is 5.02. The summed E-state index contributed by atoms with van der Waals surface area (Å²) < 4.78 is 14.4. The van der Waals surface area contributed by atoms with E-state index in [0.29, 0.717) is 16.3 Å². The Morgan fingerprint density at radius 1 is 1.50 bits per heavy atom. The predicted molar refractivity (Wildman–Crippen MR) is 63.2 cm³/mol. The largest absolute Gasteiger partial charge is 0.399 e. The molecule has 0 aliphatic heterocycles. The van der Waals surface area contributed by atoms with Crippen molar-refractivity contribution in [2.24, 2.45) is 0 Å². The third-order valence-electron chi connectivity index (χ3n) is 2.21. The quantitative estimate of drug-likeness (QED) is 0.636. The zero-order chi connectivity index (χ0) is 11.5. The number of aromatic nitrogens is 3. The molecule has 1 aromatic carbocycles. The van der Waals surface area contributed by atoms with Crippen LogP contribution in [0, 0.1) is 4.77 Å². The third kappa shape index (κ3) is 1.96. The summed E-state index contributed by atoms with van der Waals surface area (Å²) in [6.45, 7) is -0.289. The molecule has 1 heterocycles. The molecule has 2 aromatic rings. The van der Waals surface area contributed by atoms with Crippen molar-refractivity contribution in [2.45, 2.75) is 6.54 Å². The van der Waals surface area contributed by atoms with Gasteiger partial charge in [0.25, 0.3) is 0 Å². The van der Waals surface area contributed by atoms with Gasteiger partial charge in [-0.1, -0.05) is 12.1 Å². The van der Waals surface area contributed by atoms with E-state index in [2.05, 4.69) is 10.2 Å². The van der Waals surface area contributed by atoms with Crippen LogP contribution in [0.25, 0.3) is 11.4 Å². The lowest BCUT2D eigenvalue weighted by Crippen LogP contribution is -2.02.